The van der Waals surface area contributed by atoms with Crippen molar-refractivity contribution in [3.05, 3.63) is 24.3 Å². The first-order valence-electron chi connectivity index (χ1n) is 11.9. The number of aliphatic carboxylic acids is 1. The van der Waals surface area contributed by atoms with Crippen molar-refractivity contribution in [3.8, 4) is 5.75 Å². The molecule has 0 aromatic heterocycles. The molecule has 0 aliphatic heterocycles. The number of anilines is 1. The second kappa shape index (κ2) is 16.1. The zero-order chi connectivity index (χ0) is 23.8. The fourth-order valence-corrected chi connectivity index (χ4v) is 3.64. The number of unbranched alkanes of at least 4 members (excludes halogenated alkanes) is 6. The maximum Gasteiger partial charge on any atom is 0.304 e. The largest absolute Gasteiger partial charge is 0.497 e. The standard InChI is InChI=1S/C25H40N2O5/c1-4-6-7-8-9-10-11-13-19(18-23(28)29)24(30)27-22(12-5-2)25(31)26-20-14-16-21(32-3)17-15-20/h14-17,19,22H,4-13,18H2,1-3H3,(H,26,31)(H,27,30)(H,28,29)/t19-,22+/m0/s1. The van der Waals surface area contributed by atoms with Crippen LogP contribution < -0.4 is 15.4 Å². The molecule has 7 nitrogen and oxygen atoms in total. The number of amides is 2. The lowest BCUT2D eigenvalue weighted by molar-refractivity contribution is -0.141. The average molecular weight is 449 g/mol. The van der Waals surface area contributed by atoms with Gasteiger partial charge in [-0.1, -0.05) is 65.2 Å². The molecule has 7 heteroatoms. The van der Waals surface area contributed by atoms with Crippen molar-refractivity contribution < 1.29 is 24.2 Å². The predicted octanol–water partition coefficient (Wildman–Crippen LogP) is 5.15. The fraction of sp³-hybridized carbons (Fsp3) is 0.640. The molecule has 0 radical (unpaired) electrons. The smallest absolute Gasteiger partial charge is 0.304 e. The lowest BCUT2D eigenvalue weighted by Gasteiger charge is -2.21. The van der Waals surface area contributed by atoms with Crippen LogP contribution in [0.3, 0.4) is 0 Å². The summed E-state index contributed by atoms with van der Waals surface area (Å²) in [5.74, 6) is -1.61. The summed E-state index contributed by atoms with van der Waals surface area (Å²) in [4.78, 5) is 36.9. The van der Waals surface area contributed by atoms with E-state index in [9.17, 15) is 19.5 Å². The average Bonchev–Trinajstić information content (AvgIpc) is 2.77. The molecule has 0 fully saturated rings. The van der Waals surface area contributed by atoms with Crippen LogP contribution in [-0.2, 0) is 14.4 Å². The topological polar surface area (TPSA) is 105 Å². The van der Waals surface area contributed by atoms with Crippen LogP contribution in [0.4, 0.5) is 5.69 Å². The third-order valence-corrected chi connectivity index (χ3v) is 5.52. The maximum atomic E-state index is 12.8. The van der Waals surface area contributed by atoms with Gasteiger partial charge in [-0.3, -0.25) is 14.4 Å². The highest BCUT2D eigenvalue weighted by molar-refractivity contribution is 5.97. The molecule has 0 spiro atoms. The van der Waals surface area contributed by atoms with Crippen molar-refractivity contribution in [1.29, 1.82) is 0 Å². The number of hydrogen-bond donors (Lipinski definition) is 3. The Morgan fingerprint density at radius 1 is 0.875 bits per heavy atom. The second-order valence-electron chi connectivity index (χ2n) is 8.27. The third kappa shape index (κ3) is 11.2. The van der Waals surface area contributed by atoms with Crippen molar-refractivity contribution in [1.82, 2.24) is 5.32 Å². The summed E-state index contributed by atoms with van der Waals surface area (Å²) in [5.41, 5.74) is 0.608. The van der Waals surface area contributed by atoms with Gasteiger partial charge in [-0.05, 0) is 37.1 Å². The molecule has 0 saturated carbocycles. The van der Waals surface area contributed by atoms with Gasteiger partial charge in [0.1, 0.15) is 11.8 Å². The molecule has 1 aromatic rings. The molecule has 0 saturated heterocycles. The zero-order valence-electron chi connectivity index (χ0n) is 19.8. The number of carboxylic acids is 1. The number of benzene rings is 1. The number of carbonyl (C=O) groups excluding carboxylic acids is 2. The van der Waals surface area contributed by atoms with Gasteiger partial charge in [0, 0.05) is 11.6 Å². The Kier molecular flexibility index (Phi) is 13.8. The third-order valence-electron chi connectivity index (χ3n) is 5.52. The van der Waals surface area contributed by atoms with Crippen LogP contribution in [0.1, 0.15) is 84.5 Å². The molecule has 0 bridgehead atoms. The van der Waals surface area contributed by atoms with Gasteiger partial charge in [0.15, 0.2) is 0 Å². The number of ether oxygens (including phenoxy) is 1. The van der Waals surface area contributed by atoms with Crippen LogP contribution in [0.2, 0.25) is 0 Å². The number of rotatable bonds is 17. The van der Waals surface area contributed by atoms with Gasteiger partial charge in [0.2, 0.25) is 11.8 Å². The van der Waals surface area contributed by atoms with E-state index in [1.165, 1.54) is 25.7 Å². The molecule has 3 N–H and O–H groups in total. The Labute approximate surface area is 192 Å². The highest BCUT2D eigenvalue weighted by atomic mass is 16.5. The van der Waals surface area contributed by atoms with Crippen molar-refractivity contribution in [2.75, 3.05) is 12.4 Å². The summed E-state index contributed by atoms with van der Waals surface area (Å²) in [6.07, 6.45) is 9.22. The van der Waals surface area contributed by atoms with Crippen LogP contribution in [0.5, 0.6) is 5.75 Å². The Morgan fingerprint density at radius 3 is 2.06 bits per heavy atom. The summed E-state index contributed by atoms with van der Waals surface area (Å²) >= 11 is 0. The summed E-state index contributed by atoms with van der Waals surface area (Å²) in [6.45, 7) is 4.12. The zero-order valence-corrected chi connectivity index (χ0v) is 19.8. The van der Waals surface area contributed by atoms with Gasteiger partial charge in [-0.15, -0.1) is 0 Å². The molecule has 0 heterocycles. The number of methoxy groups -OCH3 is 1. The SMILES string of the molecule is CCCCCCCCC[C@@H](CC(=O)O)C(=O)N[C@H](CCC)C(=O)Nc1ccc(OC)cc1. The van der Waals surface area contributed by atoms with Gasteiger partial charge < -0.3 is 20.5 Å². The molecule has 0 aliphatic carbocycles. The lowest BCUT2D eigenvalue weighted by atomic mass is 9.95. The van der Waals surface area contributed by atoms with E-state index in [4.69, 9.17) is 4.74 Å². The number of carboxylic acid groups (broad SMARTS) is 1. The number of carbonyl (C=O) groups is 3. The minimum Gasteiger partial charge on any atom is -0.497 e. The van der Waals surface area contributed by atoms with Crippen LogP contribution >= 0.6 is 0 Å². The Morgan fingerprint density at radius 2 is 1.50 bits per heavy atom. The van der Waals surface area contributed by atoms with Gasteiger partial charge in [0.05, 0.1) is 13.5 Å². The summed E-state index contributed by atoms with van der Waals surface area (Å²) in [7, 11) is 1.57. The van der Waals surface area contributed by atoms with Gasteiger partial charge in [0.25, 0.3) is 0 Å². The van der Waals surface area contributed by atoms with Crippen molar-refractivity contribution in [2.45, 2.75) is 90.5 Å². The molecule has 1 rings (SSSR count). The minimum absolute atomic E-state index is 0.222. The highest BCUT2D eigenvalue weighted by Gasteiger charge is 2.26. The second-order valence-corrected chi connectivity index (χ2v) is 8.27. The lowest BCUT2D eigenvalue weighted by Crippen LogP contribution is -2.46. The number of nitrogens with one attached hydrogen (secondary N) is 2. The van der Waals surface area contributed by atoms with Crippen molar-refractivity contribution >= 4 is 23.5 Å². The molecule has 2 atom stereocenters. The van der Waals surface area contributed by atoms with Crippen molar-refractivity contribution in [2.24, 2.45) is 5.92 Å². The molecule has 32 heavy (non-hydrogen) atoms. The van der Waals surface area contributed by atoms with E-state index >= 15 is 0 Å². The van der Waals surface area contributed by atoms with Gasteiger partial charge in [-0.25, -0.2) is 0 Å². The van der Waals surface area contributed by atoms with E-state index in [1.807, 2.05) is 6.92 Å². The highest BCUT2D eigenvalue weighted by Crippen LogP contribution is 2.18. The Hall–Kier alpha value is -2.57. The first-order chi connectivity index (χ1) is 15.4. The molecular weight excluding hydrogens is 408 g/mol. The van der Waals surface area contributed by atoms with Crippen LogP contribution in [-0.4, -0.2) is 36.0 Å². The first-order valence-corrected chi connectivity index (χ1v) is 11.9. The molecule has 2 amide bonds. The minimum atomic E-state index is -0.997. The van der Waals surface area contributed by atoms with E-state index in [2.05, 4.69) is 17.6 Å². The molecule has 0 aliphatic rings. The van der Waals surface area contributed by atoms with Crippen LogP contribution in [0, 0.1) is 5.92 Å². The van der Waals surface area contributed by atoms with Crippen molar-refractivity contribution in [3.63, 3.8) is 0 Å². The summed E-state index contributed by atoms with van der Waals surface area (Å²) in [5, 5.41) is 14.9. The van der Waals surface area contributed by atoms with Gasteiger partial charge >= 0.3 is 5.97 Å². The summed E-state index contributed by atoms with van der Waals surface area (Å²) in [6, 6.07) is 6.24. The van der Waals surface area contributed by atoms with E-state index in [0.717, 1.165) is 19.3 Å². The summed E-state index contributed by atoms with van der Waals surface area (Å²) < 4.78 is 5.12. The van der Waals surface area contributed by atoms with Crippen LogP contribution in [0.25, 0.3) is 0 Å². The molecule has 0 unspecified atom stereocenters. The van der Waals surface area contributed by atoms with E-state index < -0.39 is 17.9 Å². The fourth-order valence-electron chi connectivity index (χ4n) is 3.64. The monoisotopic (exact) mass is 448 g/mol. The Balaban J connectivity index is 2.64. The molecule has 180 valence electrons. The predicted molar refractivity (Wildman–Crippen MR) is 127 cm³/mol. The van der Waals surface area contributed by atoms with E-state index in [1.54, 1.807) is 31.4 Å². The normalized spacial score (nSPS) is 12.6. The first kappa shape index (κ1) is 27.5. The van der Waals surface area contributed by atoms with E-state index in [-0.39, 0.29) is 18.2 Å². The van der Waals surface area contributed by atoms with E-state index in [0.29, 0.717) is 30.7 Å². The number of hydrogen-bond acceptors (Lipinski definition) is 4. The molecular formula is C25H40N2O5. The quantitative estimate of drug-likeness (QED) is 0.286. The van der Waals surface area contributed by atoms with Crippen LogP contribution in [0.15, 0.2) is 24.3 Å². The maximum absolute atomic E-state index is 12.8. The Bertz CT molecular complexity index is 690. The van der Waals surface area contributed by atoms with Gasteiger partial charge in [-0.2, -0.15) is 0 Å². The molecule has 1 aromatic carbocycles.